The Kier molecular flexibility index (Phi) is 4.65. The lowest BCUT2D eigenvalue weighted by Crippen LogP contribution is -2.31. The van der Waals surface area contributed by atoms with E-state index in [-0.39, 0.29) is 0 Å². The van der Waals surface area contributed by atoms with E-state index in [9.17, 15) is 0 Å². The average Bonchev–Trinajstić information content (AvgIpc) is 3.00. The average molecular weight is 348 g/mol. The minimum Gasteiger partial charge on any atom is -0.293 e. The molecule has 0 saturated heterocycles. The van der Waals surface area contributed by atoms with Crippen LogP contribution in [0.5, 0.6) is 0 Å². The maximum Gasteiger partial charge on any atom is 0.131 e. The van der Waals surface area contributed by atoms with Crippen molar-refractivity contribution in [2.75, 3.05) is 6.54 Å². The molecule has 3 heterocycles. The van der Waals surface area contributed by atoms with E-state index < -0.39 is 0 Å². The highest BCUT2D eigenvalue weighted by Crippen LogP contribution is 2.31. The van der Waals surface area contributed by atoms with Gasteiger partial charge in [0.1, 0.15) is 5.82 Å². The lowest BCUT2D eigenvalue weighted by atomic mass is 9.88. The van der Waals surface area contributed by atoms with E-state index in [0.717, 1.165) is 36.2 Å². The molecule has 3 nitrogen and oxygen atoms in total. The van der Waals surface area contributed by atoms with E-state index in [1.165, 1.54) is 48.2 Å². The van der Waals surface area contributed by atoms with Gasteiger partial charge in [0, 0.05) is 54.3 Å². The van der Waals surface area contributed by atoms with Crippen molar-refractivity contribution in [2.45, 2.75) is 57.5 Å². The van der Waals surface area contributed by atoms with Crippen LogP contribution in [0.4, 0.5) is 0 Å². The predicted octanol–water partition coefficient (Wildman–Crippen LogP) is 4.80. The van der Waals surface area contributed by atoms with Gasteiger partial charge in [-0.15, -0.1) is 11.3 Å². The van der Waals surface area contributed by atoms with Crippen LogP contribution in [0, 0.1) is 0 Å². The lowest BCUT2D eigenvalue weighted by Gasteiger charge is -2.28. The van der Waals surface area contributed by atoms with Crippen molar-refractivity contribution in [1.29, 1.82) is 0 Å². The zero-order valence-electron chi connectivity index (χ0n) is 13.3. The van der Waals surface area contributed by atoms with E-state index in [4.69, 9.17) is 21.6 Å². The monoisotopic (exact) mass is 347 g/mol. The SMILES string of the molecule is Clc1ccc(CN2CCc3nc(C4CCCCC4)ncc3C2)s1. The zero-order valence-corrected chi connectivity index (χ0v) is 14.9. The molecule has 1 aliphatic carbocycles. The van der Waals surface area contributed by atoms with Gasteiger partial charge in [0.25, 0.3) is 0 Å². The number of aromatic nitrogens is 2. The van der Waals surface area contributed by atoms with Crippen LogP contribution in [0.1, 0.15) is 60.0 Å². The summed E-state index contributed by atoms with van der Waals surface area (Å²) in [6, 6.07) is 4.12. The van der Waals surface area contributed by atoms with Gasteiger partial charge in [0.15, 0.2) is 0 Å². The first kappa shape index (κ1) is 15.6. The van der Waals surface area contributed by atoms with Crippen LogP contribution >= 0.6 is 22.9 Å². The Balaban J connectivity index is 1.45. The van der Waals surface area contributed by atoms with Crippen molar-refractivity contribution < 1.29 is 0 Å². The second-order valence-corrected chi connectivity index (χ2v) is 8.50. The molecule has 2 aromatic heterocycles. The Morgan fingerprint density at radius 1 is 1.22 bits per heavy atom. The first-order valence-corrected chi connectivity index (χ1v) is 9.78. The molecule has 4 rings (SSSR count). The van der Waals surface area contributed by atoms with Crippen molar-refractivity contribution in [1.82, 2.24) is 14.9 Å². The molecule has 1 fully saturated rings. The third-order valence-electron chi connectivity index (χ3n) is 5.01. The Morgan fingerprint density at radius 2 is 2.09 bits per heavy atom. The Bertz CT molecular complexity index is 679. The number of halogens is 1. The third kappa shape index (κ3) is 3.59. The molecule has 0 spiro atoms. The van der Waals surface area contributed by atoms with Crippen molar-refractivity contribution in [3.05, 3.63) is 44.6 Å². The van der Waals surface area contributed by atoms with Crippen LogP contribution in [0.2, 0.25) is 4.34 Å². The molecule has 23 heavy (non-hydrogen) atoms. The summed E-state index contributed by atoms with van der Waals surface area (Å²) >= 11 is 7.71. The third-order valence-corrected chi connectivity index (χ3v) is 6.23. The van der Waals surface area contributed by atoms with Crippen LogP contribution in [0.25, 0.3) is 0 Å². The van der Waals surface area contributed by atoms with Gasteiger partial charge in [-0.05, 0) is 25.0 Å². The quantitative estimate of drug-likeness (QED) is 0.798. The first-order chi connectivity index (χ1) is 11.3. The number of thiophene rings is 1. The summed E-state index contributed by atoms with van der Waals surface area (Å²) in [6.45, 7) is 3.00. The summed E-state index contributed by atoms with van der Waals surface area (Å²) in [5.74, 6) is 1.70. The molecule has 2 aromatic rings. The van der Waals surface area contributed by atoms with Crippen LogP contribution in [-0.2, 0) is 19.5 Å². The van der Waals surface area contributed by atoms with Crippen molar-refractivity contribution in [3.63, 3.8) is 0 Å². The van der Waals surface area contributed by atoms with Gasteiger partial charge in [0.05, 0.1) is 4.34 Å². The molecule has 0 aromatic carbocycles. The van der Waals surface area contributed by atoms with Crippen LogP contribution < -0.4 is 0 Å². The summed E-state index contributed by atoms with van der Waals surface area (Å²) < 4.78 is 0.873. The molecule has 0 N–H and O–H groups in total. The topological polar surface area (TPSA) is 29.0 Å². The largest absolute Gasteiger partial charge is 0.293 e. The minimum atomic E-state index is 0.598. The molecule has 0 atom stereocenters. The standard InChI is InChI=1S/C18H22ClN3S/c19-17-7-6-15(23-17)12-22-9-8-16-14(11-22)10-20-18(21-16)13-4-2-1-3-5-13/h6-7,10,13H,1-5,8-9,11-12H2. The van der Waals surface area contributed by atoms with E-state index in [1.807, 2.05) is 6.07 Å². The van der Waals surface area contributed by atoms with Crippen molar-refractivity contribution in [2.24, 2.45) is 0 Å². The fourth-order valence-corrected chi connectivity index (χ4v) is 4.87. The Hall–Kier alpha value is -0.970. The number of hydrogen-bond donors (Lipinski definition) is 0. The molecule has 2 aliphatic rings. The minimum absolute atomic E-state index is 0.598. The normalized spacial score (nSPS) is 19.7. The van der Waals surface area contributed by atoms with E-state index >= 15 is 0 Å². The van der Waals surface area contributed by atoms with E-state index in [1.54, 1.807) is 11.3 Å². The van der Waals surface area contributed by atoms with Gasteiger partial charge in [-0.25, -0.2) is 9.97 Å². The second kappa shape index (κ2) is 6.88. The highest BCUT2D eigenvalue weighted by molar-refractivity contribution is 7.16. The van der Waals surface area contributed by atoms with E-state index in [0.29, 0.717) is 5.92 Å². The number of nitrogens with zero attached hydrogens (tertiary/aromatic N) is 3. The first-order valence-electron chi connectivity index (χ1n) is 8.59. The fraction of sp³-hybridized carbons (Fsp3) is 0.556. The molecule has 5 heteroatoms. The van der Waals surface area contributed by atoms with Gasteiger partial charge in [-0.3, -0.25) is 4.90 Å². The van der Waals surface area contributed by atoms with E-state index in [2.05, 4.69) is 17.2 Å². The summed E-state index contributed by atoms with van der Waals surface area (Å²) in [5, 5.41) is 0. The molecule has 122 valence electrons. The van der Waals surface area contributed by atoms with Gasteiger partial charge >= 0.3 is 0 Å². The number of fused-ring (bicyclic) bond motifs is 1. The molecule has 1 saturated carbocycles. The molecule has 1 aliphatic heterocycles. The molecule has 0 unspecified atom stereocenters. The van der Waals surface area contributed by atoms with Crippen LogP contribution in [-0.4, -0.2) is 21.4 Å². The summed E-state index contributed by atoms with van der Waals surface area (Å²) in [7, 11) is 0. The zero-order chi connectivity index (χ0) is 15.6. The fourth-order valence-electron chi connectivity index (χ4n) is 3.74. The molecular formula is C18H22ClN3S. The van der Waals surface area contributed by atoms with Gasteiger partial charge in [-0.2, -0.15) is 0 Å². The second-order valence-electron chi connectivity index (χ2n) is 6.70. The maximum atomic E-state index is 6.03. The Morgan fingerprint density at radius 3 is 2.87 bits per heavy atom. The van der Waals surface area contributed by atoms with Gasteiger partial charge in [0.2, 0.25) is 0 Å². The molecule has 0 amide bonds. The maximum absolute atomic E-state index is 6.03. The summed E-state index contributed by atoms with van der Waals surface area (Å²) in [4.78, 5) is 13.4. The van der Waals surface area contributed by atoms with Crippen molar-refractivity contribution >= 4 is 22.9 Å². The lowest BCUT2D eigenvalue weighted by molar-refractivity contribution is 0.244. The van der Waals surface area contributed by atoms with Gasteiger partial charge in [-0.1, -0.05) is 30.9 Å². The van der Waals surface area contributed by atoms with Crippen LogP contribution in [0.15, 0.2) is 18.3 Å². The van der Waals surface area contributed by atoms with Crippen LogP contribution in [0.3, 0.4) is 0 Å². The summed E-state index contributed by atoms with van der Waals surface area (Å²) in [5.41, 5.74) is 2.58. The summed E-state index contributed by atoms with van der Waals surface area (Å²) in [6.07, 6.45) is 9.71. The smallest absolute Gasteiger partial charge is 0.131 e. The highest BCUT2D eigenvalue weighted by atomic mass is 35.5. The molecular weight excluding hydrogens is 326 g/mol. The van der Waals surface area contributed by atoms with Gasteiger partial charge < -0.3 is 0 Å². The predicted molar refractivity (Wildman–Crippen MR) is 95.0 cm³/mol. The number of rotatable bonds is 3. The Labute approximate surface area is 146 Å². The molecule has 0 radical (unpaired) electrons. The molecule has 0 bridgehead atoms. The highest BCUT2D eigenvalue weighted by Gasteiger charge is 2.22. The van der Waals surface area contributed by atoms with Crippen molar-refractivity contribution in [3.8, 4) is 0 Å². The number of hydrogen-bond acceptors (Lipinski definition) is 4.